The van der Waals surface area contributed by atoms with E-state index in [1.165, 1.54) is 5.56 Å². The van der Waals surface area contributed by atoms with E-state index in [0.29, 0.717) is 0 Å². The Kier molecular flexibility index (Phi) is 4.08. The van der Waals surface area contributed by atoms with E-state index in [4.69, 9.17) is 6.42 Å². The molecule has 1 heteroatoms. The third kappa shape index (κ3) is 3.31. The van der Waals surface area contributed by atoms with E-state index in [2.05, 4.69) is 30.3 Å². The number of rotatable bonds is 4. The van der Waals surface area contributed by atoms with E-state index in [0.717, 1.165) is 13.0 Å². The van der Waals surface area contributed by atoms with Gasteiger partial charge in [-0.3, -0.25) is 0 Å². The molecule has 1 aromatic carbocycles. The molecule has 1 nitrogen and oxygen atoms in total. The van der Waals surface area contributed by atoms with Crippen molar-refractivity contribution in [2.24, 2.45) is 0 Å². The molecule has 0 saturated carbocycles. The highest BCUT2D eigenvalue weighted by Crippen LogP contribution is 2.02. The van der Waals surface area contributed by atoms with Gasteiger partial charge in [-0.1, -0.05) is 43.2 Å². The van der Waals surface area contributed by atoms with E-state index < -0.39 is 0 Å². The molecule has 0 aliphatic heterocycles. The molecule has 1 aromatic rings. The second-order valence-electron chi connectivity index (χ2n) is 2.97. The van der Waals surface area contributed by atoms with Crippen LogP contribution < -0.4 is 5.32 Å². The van der Waals surface area contributed by atoms with Gasteiger partial charge in [0, 0.05) is 0 Å². The van der Waals surface area contributed by atoms with Crippen molar-refractivity contribution < 1.29 is 0 Å². The van der Waals surface area contributed by atoms with Crippen molar-refractivity contribution in [3.63, 3.8) is 0 Å². The second-order valence-corrected chi connectivity index (χ2v) is 2.97. The van der Waals surface area contributed by atoms with Crippen molar-refractivity contribution >= 4 is 0 Å². The van der Waals surface area contributed by atoms with Crippen LogP contribution in [0.5, 0.6) is 0 Å². The summed E-state index contributed by atoms with van der Waals surface area (Å²) in [7, 11) is 0. The van der Waals surface area contributed by atoms with E-state index >= 15 is 0 Å². The van der Waals surface area contributed by atoms with Gasteiger partial charge in [-0.05, 0) is 18.5 Å². The summed E-state index contributed by atoms with van der Waals surface area (Å²) in [4.78, 5) is 0. The lowest BCUT2D eigenvalue weighted by atomic mass is 10.1. The first-order valence-corrected chi connectivity index (χ1v) is 4.60. The molecule has 68 valence electrons. The highest BCUT2D eigenvalue weighted by Gasteiger charge is 2.02. The Balaban J connectivity index is 2.53. The Morgan fingerprint density at radius 1 is 1.38 bits per heavy atom. The zero-order valence-electron chi connectivity index (χ0n) is 7.96. The molecular weight excluding hydrogens is 158 g/mol. The molecule has 1 rings (SSSR count). The highest BCUT2D eigenvalue weighted by molar-refractivity contribution is 5.18. The zero-order chi connectivity index (χ0) is 9.52. The molecule has 0 amide bonds. The zero-order valence-corrected chi connectivity index (χ0v) is 7.96. The minimum absolute atomic E-state index is 0.160. The van der Waals surface area contributed by atoms with Crippen LogP contribution >= 0.6 is 0 Å². The maximum absolute atomic E-state index is 5.39. The summed E-state index contributed by atoms with van der Waals surface area (Å²) in [5.74, 6) is 2.74. The van der Waals surface area contributed by atoms with Crippen LogP contribution in [0.15, 0.2) is 30.3 Å². The van der Waals surface area contributed by atoms with Gasteiger partial charge in [0.1, 0.15) is 0 Å². The van der Waals surface area contributed by atoms with Gasteiger partial charge in [-0.25, -0.2) is 0 Å². The lowest BCUT2D eigenvalue weighted by molar-refractivity contribution is 0.628. The fraction of sp³-hybridized carbons (Fsp3) is 0.333. The Morgan fingerprint density at radius 3 is 2.62 bits per heavy atom. The van der Waals surface area contributed by atoms with Crippen LogP contribution in [-0.4, -0.2) is 12.6 Å². The van der Waals surface area contributed by atoms with Crippen molar-refractivity contribution in [1.29, 1.82) is 0 Å². The summed E-state index contributed by atoms with van der Waals surface area (Å²) >= 11 is 0. The number of nitrogens with one attached hydrogen (secondary N) is 1. The lowest BCUT2D eigenvalue weighted by Crippen LogP contribution is -2.29. The van der Waals surface area contributed by atoms with Gasteiger partial charge in [-0.2, -0.15) is 0 Å². The SMILES string of the molecule is C#CC(Cc1ccccc1)NCC. The highest BCUT2D eigenvalue weighted by atomic mass is 14.9. The van der Waals surface area contributed by atoms with E-state index in [1.807, 2.05) is 18.2 Å². The van der Waals surface area contributed by atoms with Crippen LogP contribution in [0.25, 0.3) is 0 Å². The monoisotopic (exact) mass is 173 g/mol. The smallest absolute Gasteiger partial charge is 0.0727 e. The first-order chi connectivity index (χ1) is 6.36. The normalized spacial score (nSPS) is 12.0. The molecule has 0 radical (unpaired) electrons. The lowest BCUT2D eigenvalue weighted by Gasteiger charge is -2.10. The topological polar surface area (TPSA) is 12.0 Å². The van der Waals surface area contributed by atoms with Crippen molar-refractivity contribution in [1.82, 2.24) is 5.32 Å². The van der Waals surface area contributed by atoms with Gasteiger partial charge in [0.2, 0.25) is 0 Å². The van der Waals surface area contributed by atoms with Crippen molar-refractivity contribution in [3.8, 4) is 12.3 Å². The molecule has 13 heavy (non-hydrogen) atoms. The fourth-order valence-electron chi connectivity index (χ4n) is 1.29. The molecule has 0 heterocycles. The maximum Gasteiger partial charge on any atom is 0.0727 e. The van der Waals surface area contributed by atoms with Gasteiger partial charge in [-0.15, -0.1) is 6.42 Å². The third-order valence-electron chi connectivity index (χ3n) is 1.93. The minimum atomic E-state index is 0.160. The van der Waals surface area contributed by atoms with Gasteiger partial charge in [0.25, 0.3) is 0 Å². The van der Waals surface area contributed by atoms with Crippen molar-refractivity contribution in [2.75, 3.05) is 6.54 Å². The summed E-state index contributed by atoms with van der Waals surface area (Å²) in [6, 6.07) is 10.4. The summed E-state index contributed by atoms with van der Waals surface area (Å²) in [5.41, 5.74) is 1.28. The van der Waals surface area contributed by atoms with Crippen molar-refractivity contribution in [3.05, 3.63) is 35.9 Å². The quantitative estimate of drug-likeness (QED) is 0.685. The molecule has 0 spiro atoms. The first-order valence-electron chi connectivity index (χ1n) is 4.60. The molecule has 0 aromatic heterocycles. The molecule has 0 saturated heterocycles. The molecule has 0 aliphatic rings. The van der Waals surface area contributed by atoms with Crippen LogP contribution in [0.4, 0.5) is 0 Å². The Morgan fingerprint density at radius 2 is 2.08 bits per heavy atom. The van der Waals surface area contributed by atoms with Gasteiger partial charge >= 0.3 is 0 Å². The predicted octanol–water partition coefficient (Wildman–Crippen LogP) is 1.84. The molecule has 1 atom stereocenters. The number of hydrogen-bond donors (Lipinski definition) is 1. The minimum Gasteiger partial charge on any atom is -0.304 e. The van der Waals surface area contributed by atoms with Crippen LogP contribution in [0.3, 0.4) is 0 Å². The molecule has 0 bridgehead atoms. The second kappa shape index (κ2) is 5.40. The standard InChI is InChI=1S/C12H15N/c1-3-12(13-4-2)10-11-8-6-5-7-9-11/h1,5-9,12-13H,4,10H2,2H3. The van der Waals surface area contributed by atoms with Crippen LogP contribution in [-0.2, 0) is 6.42 Å². The molecule has 1 unspecified atom stereocenters. The number of hydrogen-bond acceptors (Lipinski definition) is 1. The van der Waals surface area contributed by atoms with Crippen LogP contribution in [0, 0.1) is 12.3 Å². The van der Waals surface area contributed by atoms with Gasteiger partial charge in [0.05, 0.1) is 6.04 Å². The number of likely N-dealkylation sites (N-methyl/N-ethyl adjacent to an activating group) is 1. The van der Waals surface area contributed by atoms with Crippen molar-refractivity contribution in [2.45, 2.75) is 19.4 Å². The van der Waals surface area contributed by atoms with E-state index in [1.54, 1.807) is 0 Å². The summed E-state index contributed by atoms with van der Waals surface area (Å²) < 4.78 is 0. The molecule has 1 N–H and O–H groups in total. The molecule has 0 aliphatic carbocycles. The number of benzene rings is 1. The Bertz CT molecular complexity index is 271. The Hall–Kier alpha value is -1.26. The van der Waals surface area contributed by atoms with Gasteiger partial charge in [0.15, 0.2) is 0 Å². The fourth-order valence-corrected chi connectivity index (χ4v) is 1.29. The number of terminal acetylenes is 1. The van der Waals surface area contributed by atoms with Crippen LogP contribution in [0.2, 0.25) is 0 Å². The molecular formula is C12H15N. The summed E-state index contributed by atoms with van der Waals surface area (Å²) in [6.07, 6.45) is 6.30. The van der Waals surface area contributed by atoms with E-state index in [-0.39, 0.29) is 6.04 Å². The largest absolute Gasteiger partial charge is 0.304 e. The summed E-state index contributed by atoms with van der Waals surface area (Å²) in [5, 5.41) is 3.24. The predicted molar refractivity (Wildman–Crippen MR) is 56.4 cm³/mol. The van der Waals surface area contributed by atoms with E-state index in [9.17, 15) is 0 Å². The average molecular weight is 173 g/mol. The Labute approximate surface area is 80.2 Å². The third-order valence-corrected chi connectivity index (χ3v) is 1.93. The summed E-state index contributed by atoms with van der Waals surface area (Å²) in [6.45, 7) is 2.98. The van der Waals surface area contributed by atoms with Gasteiger partial charge < -0.3 is 5.32 Å². The average Bonchev–Trinajstić information content (AvgIpc) is 2.19. The molecule has 0 fully saturated rings. The van der Waals surface area contributed by atoms with Crippen LogP contribution in [0.1, 0.15) is 12.5 Å². The maximum atomic E-state index is 5.39. The first kappa shape index (κ1) is 9.83.